The normalized spacial score (nSPS) is 15.0. The fourth-order valence-corrected chi connectivity index (χ4v) is 3.69. The van der Waals surface area contributed by atoms with E-state index in [1.165, 1.54) is 18.1 Å². The highest BCUT2D eigenvalue weighted by Crippen LogP contribution is 2.28. The lowest BCUT2D eigenvalue weighted by Gasteiger charge is -2.25. The first-order valence-corrected chi connectivity index (χ1v) is 10.9. The molecule has 0 aliphatic carbocycles. The molecule has 176 valence electrons. The van der Waals surface area contributed by atoms with Crippen LogP contribution in [0.25, 0.3) is 0 Å². The number of nitrogens with zero attached hydrogens (tertiary/aromatic N) is 1. The van der Waals surface area contributed by atoms with Gasteiger partial charge in [-0.1, -0.05) is 23.7 Å². The van der Waals surface area contributed by atoms with Crippen LogP contribution in [-0.2, 0) is 9.59 Å². The van der Waals surface area contributed by atoms with E-state index < -0.39 is 17.9 Å². The van der Waals surface area contributed by atoms with Crippen molar-refractivity contribution in [1.29, 1.82) is 0 Å². The third-order valence-corrected chi connectivity index (χ3v) is 5.28. The first-order chi connectivity index (χ1) is 15.9. The van der Waals surface area contributed by atoms with E-state index in [1.54, 1.807) is 36.4 Å². The Morgan fingerprint density at radius 2 is 1.79 bits per heavy atom. The number of nitrogens with one attached hydrogen (secondary N) is 2. The standard InChI is InChI=1S/C23H26ClN3O6/c1-3-32-19-8-4-5-9-20(19)33-14-21(28)25-26-22(29)17-7-6-12-27(17)23(30)16-13-15(24)10-11-18(16)31-2/h4-5,8-11,13,17H,3,6-7,12,14H2,1-2H3,(H,25,28)(H,26,29). The van der Waals surface area contributed by atoms with Crippen molar-refractivity contribution in [2.75, 3.05) is 26.9 Å². The fraction of sp³-hybridized carbons (Fsp3) is 0.348. The summed E-state index contributed by atoms with van der Waals surface area (Å²) in [6.45, 7) is 2.38. The first-order valence-electron chi connectivity index (χ1n) is 10.5. The lowest BCUT2D eigenvalue weighted by atomic mass is 10.1. The quantitative estimate of drug-likeness (QED) is 0.568. The molecular formula is C23H26ClN3O6. The van der Waals surface area contributed by atoms with Gasteiger partial charge in [0.05, 0.1) is 19.3 Å². The number of para-hydroxylation sites is 2. The molecule has 10 heteroatoms. The summed E-state index contributed by atoms with van der Waals surface area (Å²) in [4.78, 5) is 39.4. The lowest BCUT2D eigenvalue weighted by molar-refractivity contribution is -0.131. The average Bonchev–Trinajstić information content (AvgIpc) is 3.32. The second-order valence-electron chi connectivity index (χ2n) is 7.21. The zero-order valence-corrected chi connectivity index (χ0v) is 19.2. The lowest BCUT2D eigenvalue weighted by Crippen LogP contribution is -2.52. The van der Waals surface area contributed by atoms with Crippen molar-refractivity contribution >= 4 is 29.3 Å². The van der Waals surface area contributed by atoms with Crippen LogP contribution in [0.2, 0.25) is 5.02 Å². The number of hydrazine groups is 1. The molecule has 1 aliphatic heterocycles. The van der Waals surface area contributed by atoms with Crippen molar-refractivity contribution in [3.63, 3.8) is 0 Å². The van der Waals surface area contributed by atoms with Gasteiger partial charge >= 0.3 is 0 Å². The highest BCUT2D eigenvalue weighted by atomic mass is 35.5. The van der Waals surface area contributed by atoms with Crippen LogP contribution in [0.1, 0.15) is 30.1 Å². The van der Waals surface area contributed by atoms with E-state index in [9.17, 15) is 14.4 Å². The SMILES string of the molecule is CCOc1ccccc1OCC(=O)NNC(=O)C1CCCN1C(=O)c1cc(Cl)ccc1OC. The Hall–Kier alpha value is -3.46. The number of carbonyl (C=O) groups is 3. The van der Waals surface area contributed by atoms with Gasteiger partial charge in [0.15, 0.2) is 18.1 Å². The number of methoxy groups -OCH3 is 1. The summed E-state index contributed by atoms with van der Waals surface area (Å²) in [5, 5.41) is 0.387. The molecule has 1 unspecified atom stereocenters. The van der Waals surface area contributed by atoms with Gasteiger partial charge in [0.2, 0.25) is 0 Å². The van der Waals surface area contributed by atoms with Gasteiger partial charge in [-0.2, -0.15) is 0 Å². The van der Waals surface area contributed by atoms with Crippen LogP contribution in [-0.4, -0.2) is 55.5 Å². The third-order valence-electron chi connectivity index (χ3n) is 5.04. The van der Waals surface area contributed by atoms with Crippen LogP contribution < -0.4 is 25.1 Å². The van der Waals surface area contributed by atoms with Crippen molar-refractivity contribution in [3.05, 3.63) is 53.1 Å². The molecule has 1 atom stereocenters. The Bertz CT molecular complexity index is 1020. The van der Waals surface area contributed by atoms with Crippen LogP contribution in [0.3, 0.4) is 0 Å². The highest BCUT2D eigenvalue weighted by Gasteiger charge is 2.35. The van der Waals surface area contributed by atoms with E-state index in [4.69, 9.17) is 25.8 Å². The van der Waals surface area contributed by atoms with E-state index in [0.29, 0.717) is 48.3 Å². The molecule has 9 nitrogen and oxygen atoms in total. The van der Waals surface area contributed by atoms with Crippen LogP contribution in [0.15, 0.2) is 42.5 Å². The Labute approximate surface area is 196 Å². The summed E-state index contributed by atoms with van der Waals surface area (Å²) >= 11 is 6.04. The number of rotatable bonds is 8. The monoisotopic (exact) mass is 475 g/mol. The Morgan fingerprint density at radius 1 is 1.06 bits per heavy atom. The van der Waals surface area contributed by atoms with Crippen molar-refractivity contribution in [1.82, 2.24) is 15.8 Å². The average molecular weight is 476 g/mol. The van der Waals surface area contributed by atoms with Crippen LogP contribution >= 0.6 is 11.6 Å². The summed E-state index contributed by atoms with van der Waals surface area (Å²) in [6, 6.07) is 11.0. The molecule has 2 aromatic carbocycles. The second kappa shape index (κ2) is 11.4. The van der Waals surface area contributed by atoms with E-state index in [0.717, 1.165) is 0 Å². The Balaban J connectivity index is 1.56. The molecule has 33 heavy (non-hydrogen) atoms. The minimum absolute atomic E-state index is 0.273. The molecule has 0 saturated carbocycles. The van der Waals surface area contributed by atoms with Crippen LogP contribution in [0, 0.1) is 0 Å². The largest absolute Gasteiger partial charge is 0.496 e. The predicted octanol–water partition coefficient (Wildman–Crippen LogP) is 2.58. The number of amides is 3. The maximum Gasteiger partial charge on any atom is 0.276 e. The number of ether oxygens (including phenoxy) is 3. The molecule has 0 bridgehead atoms. The molecule has 1 heterocycles. The van der Waals surface area contributed by atoms with Gasteiger partial charge in [0, 0.05) is 11.6 Å². The molecule has 3 amide bonds. The highest BCUT2D eigenvalue weighted by molar-refractivity contribution is 6.31. The van der Waals surface area contributed by atoms with E-state index in [2.05, 4.69) is 10.9 Å². The van der Waals surface area contributed by atoms with E-state index >= 15 is 0 Å². The molecule has 1 aliphatic rings. The van der Waals surface area contributed by atoms with Crippen molar-refractivity contribution < 1.29 is 28.6 Å². The summed E-state index contributed by atoms with van der Waals surface area (Å²) in [7, 11) is 1.46. The maximum absolute atomic E-state index is 13.1. The maximum atomic E-state index is 13.1. The van der Waals surface area contributed by atoms with Gasteiger partial charge in [-0.05, 0) is 50.1 Å². The van der Waals surface area contributed by atoms with Crippen LogP contribution in [0.5, 0.6) is 17.2 Å². The van der Waals surface area contributed by atoms with Crippen molar-refractivity contribution in [3.8, 4) is 17.2 Å². The Morgan fingerprint density at radius 3 is 2.48 bits per heavy atom. The minimum atomic E-state index is -0.735. The minimum Gasteiger partial charge on any atom is -0.496 e. The summed E-state index contributed by atoms with van der Waals surface area (Å²) in [6.07, 6.45) is 1.12. The molecule has 2 aromatic rings. The molecule has 2 N–H and O–H groups in total. The van der Waals surface area contributed by atoms with Crippen LogP contribution in [0.4, 0.5) is 0 Å². The number of likely N-dealkylation sites (tertiary alicyclic amines) is 1. The van der Waals surface area contributed by atoms with Gasteiger partial charge < -0.3 is 19.1 Å². The Kier molecular flexibility index (Phi) is 8.37. The van der Waals surface area contributed by atoms with Gasteiger partial charge in [-0.15, -0.1) is 0 Å². The van der Waals surface area contributed by atoms with Gasteiger partial charge in [0.25, 0.3) is 17.7 Å². The zero-order valence-electron chi connectivity index (χ0n) is 18.4. The third kappa shape index (κ3) is 6.07. The molecule has 1 fully saturated rings. The van der Waals surface area contributed by atoms with E-state index in [-0.39, 0.29) is 18.1 Å². The second-order valence-corrected chi connectivity index (χ2v) is 7.64. The summed E-state index contributed by atoms with van der Waals surface area (Å²) < 4.78 is 16.2. The summed E-state index contributed by atoms with van der Waals surface area (Å²) in [5.74, 6) is -0.105. The fourth-order valence-electron chi connectivity index (χ4n) is 3.52. The van der Waals surface area contributed by atoms with Gasteiger partial charge in [-0.3, -0.25) is 25.2 Å². The number of hydrogen-bond acceptors (Lipinski definition) is 6. The smallest absolute Gasteiger partial charge is 0.276 e. The molecule has 0 aromatic heterocycles. The first kappa shape index (κ1) is 24.2. The van der Waals surface area contributed by atoms with Crippen molar-refractivity contribution in [2.45, 2.75) is 25.8 Å². The molecule has 0 radical (unpaired) electrons. The molecule has 1 saturated heterocycles. The summed E-state index contributed by atoms with van der Waals surface area (Å²) in [5.41, 5.74) is 4.97. The topological polar surface area (TPSA) is 106 Å². The molecule has 0 spiro atoms. The zero-order chi connectivity index (χ0) is 23.8. The number of benzene rings is 2. The molecule has 3 rings (SSSR count). The van der Waals surface area contributed by atoms with Crippen molar-refractivity contribution in [2.24, 2.45) is 0 Å². The van der Waals surface area contributed by atoms with E-state index in [1.807, 2.05) is 6.92 Å². The number of carbonyl (C=O) groups excluding carboxylic acids is 3. The molecular weight excluding hydrogens is 450 g/mol. The van der Waals surface area contributed by atoms with Gasteiger partial charge in [0.1, 0.15) is 11.8 Å². The predicted molar refractivity (Wildman–Crippen MR) is 121 cm³/mol. The van der Waals surface area contributed by atoms with Gasteiger partial charge in [-0.25, -0.2) is 0 Å². The number of hydrogen-bond donors (Lipinski definition) is 2. The number of halogens is 1.